The molecule has 0 aliphatic carbocycles. The Bertz CT molecular complexity index is 841. The van der Waals surface area contributed by atoms with Crippen molar-refractivity contribution in [1.82, 2.24) is 10.3 Å². The number of rotatable bonds is 4. The first kappa shape index (κ1) is 19.1. The fourth-order valence-electron chi connectivity index (χ4n) is 2.16. The van der Waals surface area contributed by atoms with Gasteiger partial charge in [0.1, 0.15) is 11.4 Å². The normalized spacial score (nSPS) is 10.8. The molecule has 0 aliphatic rings. The van der Waals surface area contributed by atoms with Crippen LogP contribution >= 0.6 is 0 Å². The summed E-state index contributed by atoms with van der Waals surface area (Å²) < 4.78 is 4.70. The topological polar surface area (TPSA) is 97.4 Å². The first-order chi connectivity index (χ1) is 12.2. The summed E-state index contributed by atoms with van der Waals surface area (Å²) in [5, 5.41) is 5.41. The van der Waals surface area contributed by atoms with E-state index in [1.54, 1.807) is 30.3 Å². The smallest absolute Gasteiger partial charge is 0.339 e. The quantitative estimate of drug-likeness (QED) is 0.822. The van der Waals surface area contributed by atoms with Gasteiger partial charge in [0, 0.05) is 5.54 Å². The number of amides is 2. The molecule has 0 radical (unpaired) electrons. The molecule has 0 atom stereocenters. The molecule has 2 aromatic rings. The lowest BCUT2D eigenvalue weighted by atomic mass is 10.1. The summed E-state index contributed by atoms with van der Waals surface area (Å²) in [6.07, 6.45) is 0. The van der Waals surface area contributed by atoms with Crippen molar-refractivity contribution >= 4 is 23.5 Å². The van der Waals surface area contributed by atoms with Crippen LogP contribution in [-0.2, 0) is 4.74 Å². The van der Waals surface area contributed by atoms with Crippen LogP contribution in [0.3, 0.4) is 0 Å². The van der Waals surface area contributed by atoms with Crippen molar-refractivity contribution < 1.29 is 19.1 Å². The second-order valence-electron chi connectivity index (χ2n) is 6.60. The van der Waals surface area contributed by atoms with Crippen LogP contribution in [0.25, 0.3) is 0 Å². The summed E-state index contributed by atoms with van der Waals surface area (Å²) in [6.45, 7) is 5.56. The fraction of sp³-hybridized carbons (Fsp3) is 0.263. The summed E-state index contributed by atoms with van der Waals surface area (Å²) >= 11 is 0. The Morgan fingerprint density at radius 1 is 0.923 bits per heavy atom. The number of nitrogens with one attached hydrogen (secondary N) is 2. The summed E-state index contributed by atoms with van der Waals surface area (Å²) in [7, 11) is 1.26. The average molecular weight is 355 g/mol. The zero-order chi connectivity index (χ0) is 19.3. The van der Waals surface area contributed by atoms with Crippen LogP contribution in [0.1, 0.15) is 52.1 Å². The van der Waals surface area contributed by atoms with E-state index in [0.717, 1.165) is 0 Å². The number of hydrogen-bond donors (Lipinski definition) is 2. The number of pyridine rings is 1. The predicted molar refractivity (Wildman–Crippen MR) is 97.2 cm³/mol. The number of hydrogen-bond acceptors (Lipinski definition) is 5. The number of esters is 1. The van der Waals surface area contributed by atoms with Gasteiger partial charge in [0.25, 0.3) is 11.8 Å². The zero-order valence-corrected chi connectivity index (χ0v) is 15.1. The minimum atomic E-state index is -0.563. The third-order valence-corrected chi connectivity index (χ3v) is 3.28. The molecule has 2 amide bonds. The molecular formula is C19H21N3O4. The van der Waals surface area contributed by atoms with Gasteiger partial charge >= 0.3 is 5.97 Å². The number of aromatic nitrogens is 1. The Labute approximate surface area is 151 Å². The Kier molecular flexibility index (Phi) is 5.71. The van der Waals surface area contributed by atoms with Crippen molar-refractivity contribution in [3.05, 3.63) is 59.4 Å². The maximum Gasteiger partial charge on any atom is 0.339 e. The van der Waals surface area contributed by atoms with Gasteiger partial charge in [0.2, 0.25) is 0 Å². The van der Waals surface area contributed by atoms with E-state index in [1.807, 2.05) is 20.8 Å². The Balaban J connectivity index is 2.23. The average Bonchev–Trinajstić information content (AvgIpc) is 2.60. The number of benzene rings is 1. The lowest BCUT2D eigenvalue weighted by Crippen LogP contribution is -2.41. The van der Waals surface area contributed by atoms with Crippen molar-refractivity contribution in [2.45, 2.75) is 26.3 Å². The number of carbonyl (C=O) groups excluding carboxylic acids is 3. The van der Waals surface area contributed by atoms with Crippen LogP contribution in [-0.4, -0.2) is 35.4 Å². The van der Waals surface area contributed by atoms with Gasteiger partial charge in [-0.15, -0.1) is 0 Å². The molecule has 2 rings (SSSR count). The monoisotopic (exact) mass is 355 g/mol. The van der Waals surface area contributed by atoms with E-state index in [2.05, 4.69) is 15.6 Å². The molecule has 0 aliphatic heterocycles. The van der Waals surface area contributed by atoms with E-state index in [9.17, 15) is 14.4 Å². The van der Waals surface area contributed by atoms with Gasteiger partial charge in [0.15, 0.2) is 0 Å². The van der Waals surface area contributed by atoms with E-state index in [-0.39, 0.29) is 22.9 Å². The summed E-state index contributed by atoms with van der Waals surface area (Å²) in [5.74, 6) is -1.47. The van der Waals surface area contributed by atoms with E-state index >= 15 is 0 Å². The standard InChI is InChI=1S/C19H21N3O4/c1-19(2,3)22-17(24)15-11-7-10-14(20-15)16(23)21-13-9-6-5-8-12(13)18(25)26-4/h5-11H,1-4H3,(H,21,23)(H,22,24). The van der Waals surface area contributed by atoms with Gasteiger partial charge in [-0.25, -0.2) is 9.78 Å². The molecule has 7 nitrogen and oxygen atoms in total. The second-order valence-corrected chi connectivity index (χ2v) is 6.60. The first-order valence-corrected chi connectivity index (χ1v) is 7.99. The zero-order valence-electron chi connectivity index (χ0n) is 15.1. The second kappa shape index (κ2) is 7.77. The fourth-order valence-corrected chi connectivity index (χ4v) is 2.16. The minimum Gasteiger partial charge on any atom is -0.465 e. The highest BCUT2D eigenvalue weighted by molar-refractivity contribution is 6.07. The van der Waals surface area contributed by atoms with Gasteiger partial charge in [-0.1, -0.05) is 18.2 Å². The lowest BCUT2D eigenvalue weighted by molar-refractivity contribution is 0.0601. The lowest BCUT2D eigenvalue weighted by Gasteiger charge is -2.20. The molecule has 0 bridgehead atoms. The molecule has 0 unspecified atom stereocenters. The summed E-state index contributed by atoms with van der Waals surface area (Å²) in [4.78, 5) is 40.6. The highest BCUT2D eigenvalue weighted by Crippen LogP contribution is 2.17. The molecule has 0 spiro atoms. The van der Waals surface area contributed by atoms with E-state index < -0.39 is 17.4 Å². The van der Waals surface area contributed by atoms with Crippen LogP contribution in [0.4, 0.5) is 5.69 Å². The van der Waals surface area contributed by atoms with E-state index in [4.69, 9.17) is 4.74 Å². The number of nitrogens with zero attached hydrogens (tertiary/aromatic N) is 1. The number of para-hydroxylation sites is 1. The van der Waals surface area contributed by atoms with Gasteiger partial charge in [0.05, 0.1) is 18.4 Å². The first-order valence-electron chi connectivity index (χ1n) is 7.99. The Morgan fingerprint density at radius 2 is 1.54 bits per heavy atom. The Morgan fingerprint density at radius 3 is 2.15 bits per heavy atom. The molecule has 1 heterocycles. The molecule has 1 aromatic carbocycles. The predicted octanol–water partition coefficient (Wildman–Crippen LogP) is 2.65. The van der Waals surface area contributed by atoms with Crippen LogP contribution in [0.2, 0.25) is 0 Å². The highest BCUT2D eigenvalue weighted by atomic mass is 16.5. The SMILES string of the molecule is COC(=O)c1ccccc1NC(=O)c1cccc(C(=O)NC(C)(C)C)n1. The molecule has 1 aromatic heterocycles. The molecule has 2 N–H and O–H groups in total. The molecule has 26 heavy (non-hydrogen) atoms. The van der Waals surface area contributed by atoms with Gasteiger partial charge in [-0.2, -0.15) is 0 Å². The van der Waals surface area contributed by atoms with Crippen molar-refractivity contribution in [2.75, 3.05) is 12.4 Å². The maximum atomic E-state index is 12.5. The van der Waals surface area contributed by atoms with Crippen LogP contribution in [0.5, 0.6) is 0 Å². The molecule has 7 heteroatoms. The van der Waals surface area contributed by atoms with Crippen molar-refractivity contribution in [2.24, 2.45) is 0 Å². The number of anilines is 1. The number of carbonyl (C=O) groups is 3. The molecule has 0 saturated carbocycles. The van der Waals surface area contributed by atoms with Crippen molar-refractivity contribution in [3.63, 3.8) is 0 Å². The molecule has 0 fully saturated rings. The van der Waals surface area contributed by atoms with Crippen molar-refractivity contribution in [3.8, 4) is 0 Å². The summed E-state index contributed by atoms with van der Waals surface area (Å²) in [5.41, 5.74) is 0.303. The number of ether oxygens (including phenoxy) is 1. The van der Waals surface area contributed by atoms with E-state index in [0.29, 0.717) is 5.69 Å². The van der Waals surface area contributed by atoms with Gasteiger partial charge in [-0.05, 0) is 45.0 Å². The van der Waals surface area contributed by atoms with Crippen molar-refractivity contribution in [1.29, 1.82) is 0 Å². The third kappa shape index (κ3) is 4.89. The molecular weight excluding hydrogens is 334 g/mol. The van der Waals surface area contributed by atoms with Crippen LogP contribution in [0.15, 0.2) is 42.5 Å². The third-order valence-electron chi connectivity index (χ3n) is 3.28. The van der Waals surface area contributed by atoms with Gasteiger partial charge in [-0.3, -0.25) is 9.59 Å². The summed E-state index contributed by atoms with van der Waals surface area (Å²) in [6, 6.07) is 11.1. The molecule has 0 saturated heterocycles. The maximum absolute atomic E-state index is 12.5. The van der Waals surface area contributed by atoms with E-state index in [1.165, 1.54) is 19.2 Å². The number of methoxy groups -OCH3 is 1. The van der Waals surface area contributed by atoms with Gasteiger partial charge < -0.3 is 15.4 Å². The van der Waals surface area contributed by atoms with Crippen LogP contribution < -0.4 is 10.6 Å². The minimum absolute atomic E-state index is 0.0613. The largest absolute Gasteiger partial charge is 0.465 e. The highest BCUT2D eigenvalue weighted by Gasteiger charge is 2.19. The van der Waals surface area contributed by atoms with Crippen LogP contribution in [0, 0.1) is 0 Å². The molecule has 136 valence electrons. The Hall–Kier alpha value is -3.22.